The molecule has 1 N–H and O–H groups in total. The number of hydrogen-bond acceptors (Lipinski definition) is 3. The summed E-state index contributed by atoms with van der Waals surface area (Å²) in [7, 11) is 1.80. The molecule has 1 aromatic rings. The third-order valence-electron chi connectivity index (χ3n) is 3.77. The fraction of sp³-hybridized carbons (Fsp3) is 0.556. The molecule has 1 rings (SSSR count). The smallest absolute Gasteiger partial charge is 0.239 e. The van der Waals surface area contributed by atoms with Gasteiger partial charge in [-0.1, -0.05) is 30.3 Å². The zero-order chi connectivity index (χ0) is 17.4. The van der Waals surface area contributed by atoms with Crippen LogP contribution in [0.25, 0.3) is 0 Å². The maximum Gasteiger partial charge on any atom is 0.239 e. The molecule has 1 aromatic carbocycles. The summed E-state index contributed by atoms with van der Waals surface area (Å²) in [6.45, 7) is 9.11. The average Bonchev–Trinajstić information content (AvgIpc) is 2.51. The van der Waals surface area contributed by atoms with Crippen molar-refractivity contribution >= 4 is 11.8 Å². The van der Waals surface area contributed by atoms with E-state index < -0.39 is 0 Å². The molecule has 0 fully saturated rings. The lowest BCUT2D eigenvalue weighted by atomic mass is 10.2. The second-order valence-corrected chi connectivity index (χ2v) is 6.15. The summed E-state index contributed by atoms with van der Waals surface area (Å²) < 4.78 is 0. The number of likely N-dealkylation sites (N-methyl/N-ethyl adjacent to an activating group) is 2. The molecule has 5 heteroatoms. The van der Waals surface area contributed by atoms with Gasteiger partial charge in [-0.2, -0.15) is 0 Å². The molecule has 0 saturated heterocycles. The zero-order valence-electron chi connectivity index (χ0n) is 14.9. The molecule has 2 amide bonds. The topological polar surface area (TPSA) is 52.7 Å². The summed E-state index contributed by atoms with van der Waals surface area (Å²) in [5.41, 5.74) is 1.11. The molecule has 128 valence electrons. The maximum absolute atomic E-state index is 12.7. The predicted molar refractivity (Wildman–Crippen MR) is 92.9 cm³/mol. The molecule has 0 aliphatic rings. The summed E-state index contributed by atoms with van der Waals surface area (Å²) in [6.07, 6.45) is 0. The maximum atomic E-state index is 12.7. The number of nitrogens with one attached hydrogen (secondary N) is 1. The molecule has 0 unspecified atom stereocenters. The minimum absolute atomic E-state index is 0.0381. The van der Waals surface area contributed by atoms with Gasteiger partial charge >= 0.3 is 0 Å². The van der Waals surface area contributed by atoms with E-state index in [1.165, 1.54) is 0 Å². The highest BCUT2D eigenvalue weighted by Gasteiger charge is 2.24. The Morgan fingerprint density at radius 1 is 1.13 bits per heavy atom. The van der Waals surface area contributed by atoms with Gasteiger partial charge < -0.3 is 10.2 Å². The number of benzene rings is 1. The second-order valence-electron chi connectivity index (χ2n) is 6.15. The van der Waals surface area contributed by atoms with E-state index in [-0.39, 0.29) is 30.4 Å². The highest BCUT2D eigenvalue weighted by Crippen LogP contribution is 2.08. The van der Waals surface area contributed by atoms with E-state index in [0.717, 1.165) is 5.56 Å². The van der Waals surface area contributed by atoms with Gasteiger partial charge in [0.05, 0.1) is 12.6 Å². The lowest BCUT2D eigenvalue weighted by molar-refractivity contribution is -0.137. The zero-order valence-corrected chi connectivity index (χ0v) is 14.9. The Kier molecular flexibility index (Phi) is 7.75. The first-order valence-corrected chi connectivity index (χ1v) is 8.17. The summed E-state index contributed by atoms with van der Waals surface area (Å²) in [4.78, 5) is 28.1. The molecule has 0 heterocycles. The number of carbonyl (C=O) groups excluding carboxylic acids is 2. The van der Waals surface area contributed by atoms with Crippen LogP contribution in [0.2, 0.25) is 0 Å². The molecular formula is C18H29N3O2. The van der Waals surface area contributed by atoms with E-state index in [0.29, 0.717) is 13.1 Å². The van der Waals surface area contributed by atoms with Crippen molar-refractivity contribution in [1.82, 2.24) is 15.1 Å². The van der Waals surface area contributed by atoms with E-state index >= 15 is 0 Å². The monoisotopic (exact) mass is 319 g/mol. The van der Waals surface area contributed by atoms with Crippen LogP contribution in [0.15, 0.2) is 30.3 Å². The molecule has 0 aliphatic carbocycles. The lowest BCUT2D eigenvalue weighted by Gasteiger charge is -2.29. The molecule has 5 nitrogen and oxygen atoms in total. The molecule has 0 bridgehead atoms. The van der Waals surface area contributed by atoms with Crippen molar-refractivity contribution in [3.8, 4) is 0 Å². The number of hydrogen-bond donors (Lipinski definition) is 1. The van der Waals surface area contributed by atoms with Crippen molar-refractivity contribution in [2.75, 3.05) is 20.1 Å². The Bertz CT molecular complexity index is 502. The number of rotatable bonds is 8. The fourth-order valence-electron chi connectivity index (χ4n) is 2.33. The van der Waals surface area contributed by atoms with Gasteiger partial charge in [0.25, 0.3) is 0 Å². The first kappa shape index (κ1) is 19.2. The molecule has 0 radical (unpaired) electrons. The number of carbonyl (C=O) groups is 2. The highest BCUT2D eigenvalue weighted by molar-refractivity contribution is 5.83. The van der Waals surface area contributed by atoms with Gasteiger partial charge in [0.15, 0.2) is 0 Å². The predicted octanol–water partition coefficient (Wildman–Crippen LogP) is 1.88. The van der Waals surface area contributed by atoms with E-state index in [4.69, 9.17) is 0 Å². The van der Waals surface area contributed by atoms with Crippen LogP contribution in [0.3, 0.4) is 0 Å². The van der Waals surface area contributed by atoms with Crippen LogP contribution >= 0.6 is 0 Å². The number of amides is 2. The van der Waals surface area contributed by atoms with E-state index in [2.05, 4.69) is 5.32 Å². The molecule has 0 saturated carbocycles. The third kappa shape index (κ3) is 6.40. The average molecular weight is 319 g/mol. The Morgan fingerprint density at radius 3 is 2.26 bits per heavy atom. The lowest BCUT2D eigenvalue weighted by Crippen LogP contribution is -2.49. The van der Waals surface area contributed by atoms with Gasteiger partial charge in [0.2, 0.25) is 11.8 Å². The van der Waals surface area contributed by atoms with Crippen molar-refractivity contribution in [3.63, 3.8) is 0 Å². The summed E-state index contributed by atoms with van der Waals surface area (Å²) in [5, 5.41) is 2.84. The fourth-order valence-corrected chi connectivity index (χ4v) is 2.33. The Labute approximate surface area is 139 Å². The Balaban J connectivity index is 2.63. The van der Waals surface area contributed by atoms with Crippen LogP contribution in [0.4, 0.5) is 0 Å². The minimum atomic E-state index is -0.337. The van der Waals surface area contributed by atoms with Crippen molar-refractivity contribution in [3.05, 3.63) is 35.9 Å². The molecule has 1 atom stereocenters. The van der Waals surface area contributed by atoms with Crippen molar-refractivity contribution in [1.29, 1.82) is 0 Å². The van der Waals surface area contributed by atoms with Gasteiger partial charge in [0, 0.05) is 19.1 Å². The first-order chi connectivity index (χ1) is 10.8. The van der Waals surface area contributed by atoms with E-state index in [1.54, 1.807) is 11.9 Å². The van der Waals surface area contributed by atoms with Crippen LogP contribution in [0, 0.1) is 0 Å². The van der Waals surface area contributed by atoms with Crippen molar-refractivity contribution < 1.29 is 9.59 Å². The SMILES string of the molecule is CCN(Cc1ccccc1)C(=O)[C@@H](C)N(C)CC(=O)NC(C)C. The summed E-state index contributed by atoms with van der Waals surface area (Å²) >= 11 is 0. The quantitative estimate of drug-likeness (QED) is 0.796. The van der Waals surface area contributed by atoms with Gasteiger partial charge in [-0.25, -0.2) is 0 Å². The Hall–Kier alpha value is -1.88. The molecule has 0 aromatic heterocycles. The minimum Gasteiger partial charge on any atom is -0.353 e. The normalized spacial score (nSPS) is 12.3. The van der Waals surface area contributed by atoms with E-state index in [1.807, 2.05) is 62.9 Å². The molecular weight excluding hydrogens is 290 g/mol. The largest absolute Gasteiger partial charge is 0.353 e. The number of nitrogens with zero attached hydrogens (tertiary/aromatic N) is 2. The van der Waals surface area contributed by atoms with Crippen molar-refractivity contribution in [2.45, 2.75) is 46.3 Å². The second kappa shape index (κ2) is 9.30. The van der Waals surface area contributed by atoms with Crippen LogP contribution in [-0.2, 0) is 16.1 Å². The Morgan fingerprint density at radius 2 is 1.74 bits per heavy atom. The summed E-state index contributed by atoms with van der Waals surface area (Å²) in [6, 6.07) is 9.70. The van der Waals surface area contributed by atoms with Gasteiger partial charge in [0.1, 0.15) is 0 Å². The van der Waals surface area contributed by atoms with Crippen LogP contribution < -0.4 is 5.32 Å². The first-order valence-electron chi connectivity index (χ1n) is 8.17. The third-order valence-corrected chi connectivity index (χ3v) is 3.77. The highest BCUT2D eigenvalue weighted by atomic mass is 16.2. The van der Waals surface area contributed by atoms with Crippen LogP contribution in [0.1, 0.15) is 33.3 Å². The van der Waals surface area contributed by atoms with E-state index in [9.17, 15) is 9.59 Å². The van der Waals surface area contributed by atoms with Gasteiger partial charge in [-0.3, -0.25) is 14.5 Å². The standard InChI is InChI=1S/C18H29N3O2/c1-6-21(12-16-10-8-7-9-11-16)18(23)15(4)20(5)13-17(22)19-14(2)3/h7-11,14-15H,6,12-13H2,1-5H3,(H,19,22)/t15-/m1/s1. The van der Waals surface area contributed by atoms with Gasteiger partial charge in [-0.05, 0) is 40.3 Å². The molecule has 23 heavy (non-hydrogen) atoms. The molecule has 0 aliphatic heterocycles. The van der Waals surface area contributed by atoms with Crippen LogP contribution in [-0.4, -0.2) is 53.8 Å². The van der Waals surface area contributed by atoms with Crippen molar-refractivity contribution in [2.24, 2.45) is 0 Å². The summed E-state index contributed by atoms with van der Waals surface area (Å²) in [5.74, 6) is -0.0237. The van der Waals surface area contributed by atoms with Crippen LogP contribution in [0.5, 0.6) is 0 Å². The molecule has 0 spiro atoms. The van der Waals surface area contributed by atoms with Gasteiger partial charge in [-0.15, -0.1) is 0 Å².